The van der Waals surface area contributed by atoms with Crippen molar-refractivity contribution in [3.8, 4) is 11.5 Å². The Morgan fingerprint density at radius 1 is 0.920 bits per heavy atom. The lowest BCUT2D eigenvalue weighted by Gasteiger charge is -2.15. The van der Waals surface area contributed by atoms with E-state index in [0.29, 0.717) is 0 Å². The summed E-state index contributed by atoms with van der Waals surface area (Å²) in [5.74, 6) is 1.73. The van der Waals surface area contributed by atoms with Crippen LogP contribution in [0.25, 0.3) is 0 Å². The summed E-state index contributed by atoms with van der Waals surface area (Å²) < 4.78 is 5.78. The third-order valence-electron chi connectivity index (χ3n) is 3.79. The van der Waals surface area contributed by atoms with Gasteiger partial charge in [-0.2, -0.15) is 9.59 Å². The van der Waals surface area contributed by atoms with E-state index < -0.39 is 0 Å². The van der Waals surface area contributed by atoms with E-state index >= 15 is 0 Å². The first-order valence-electron chi connectivity index (χ1n) is 8.10. The number of rotatable bonds is 6. The fraction of sp³-hybridized carbons (Fsp3) is 0.316. The first kappa shape index (κ1) is 20.7. The molecule has 0 atom stereocenters. The first-order chi connectivity index (χ1) is 11.8. The summed E-state index contributed by atoms with van der Waals surface area (Å²) in [4.78, 5) is 18.8. The highest BCUT2D eigenvalue weighted by atomic mass is 35.5. The third kappa shape index (κ3) is 7.86. The predicted molar refractivity (Wildman–Crippen MR) is 99.4 cm³/mol. The number of nitrogens with zero attached hydrogens (tertiary/aromatic N) is 1. The normalized spacial score (nSPS) is 13.0. The fourth-order valence-corrected chi connectivity index (χ4v) is 2.63. The molecule has 0 saturated carbocycles. The largest absolute Gasteiger partial charge is 0.457 e. The lowest BCUT2D eigenvalue weighted by molar-refractivity contribution is -0.191. The van der Waals surface area contributed by atoms with E-state index in [4.69, 9.17) is 14.3 Å². The minimum absolute atomic E-state index is 0. The fourth-order valence-electron chi connectivity index (χ4n) is 2.63. The predicted octanol–water partition coefficient (Wildman–Crippen LogP) is 3.82. The van der Waals surface area contributed by atoms with Crippen molar-refractivity contribution in [2.75, 3.05) is 31.5 Å². The molecule has 1 aliphatic rings. The number of para-hydroxylation sites is 1. The molecule has 5 nitrogen and oxygen atoms in total. The van der Waals surface area contributed by atoms with E-state index in [1.807, 2.05) is 42.5 Å². The average molecular weight is 363 g/mol. The number of hydrogen-bond donors (Lipinski definition) is 1. The smallest absolute Gasteiger partial charge is 0.373 e. The van der Waals surface area contributed by atoms with Gasteiger partial charge >= 0.3 is 6.15 Å². The van der Waals surface area contributed by atoms with Gasteiger partial charge in [0.2, 0.25) is 0 Å². The molecule has 1 heterocycles. The maximum atomic E-state index is 8.12. The van der Waals surface area contributed by atoms with E-state index in [9.17, 15) is 0 Å². The lowest BCUT2D eigenvalue weighted by atomic mass is 10.3. The van der Waals surface area contributed by atoms with Gasteiger partial charge in [-0.05, 0) is 62.3 Å². The lowest BCUT2D eigenvalue weighted by Crippen LogP contribution is -2.25. The molecule has 0 radical (unpaired) electrons. The molecule has 1 saturated heterocycles. The summed E-state index contributed by atoms with van der Waals surface area (Å²) in [6.07, 6.45) is 2.96. The molecular formula is C19H23ClN2O3. The van der Waals surface area contributed by atoms with Crippen molar-refractivity contribution in [3.05, 3.63) is 54.6 Å². The van der Waals surface area contributed by atoms with Gasteiger partial charge in [0, 0.05) is 18.8 Å². The Hall–Kier alpha value is -2.33. The van der Waals surface area contributed by atoms with E-state index in [0.717, 1.165) is 30.3 Å². The molecule has 25 heavy (non-hydrogen) atoms. The van der Waals surface area contributed by atoms with Crippen LogP contribution in [0.2, 0.25) is 0 Å². The van der Waals surface area contributed by atoms with Gasteiger partial charge in [0.05, 0.1) is 0 Å². The number of anilines is 1. The van der Waals surface area contributed by atoms with Crippen LogP contribution in [0.3, 0.4) is 0 Å². The van der Waals surface area contributed by atoms with Gasteiger partial charge in [-0.15, -0.1) is 12.4 Å². The molecule has 2 aromatic carbocycles. The van der Waals surface area contributed by atoms with Crippen molar-refractivity contribution in [3.63, 3.8) is 0 Å². The van der Waals surface area contributed by atoms with E-state index in [1.165, 1.54) is 25.9 Å². The van der Waals surface area contributed by atoms with Gasteiger partial charge in [-0.3, -0.25) is 0 Å². The molecule has 0 amide bonds. The number of benzene rings is 2. The Labute approximate surface area is 154 Å². The van der Waals surface area contributed by atoms with Crippen LogP contribution >= 0.6 is 12.4 Å². The number of ether oxygens (including phenoxy) is 1. The van der Waals surface area contributed by atoms with Gasteiger partial charge in [0.1, 0.15) is 11.5 Å². The van der Waals surface area contributed by atoms with Crippen LogP contribution in [0.1, 0.15) is 12.8 Å². The zero-order valence-corrected chi connectivity index (χ0v) is 14.8. The van der Waals surface area contributed by atoms with Crippen LogP contribution < -0.4 is 10.1 Å². The Balaban J connectivity index is 0.000000730. The molecule has 0 aromatic heterocycles. The van der Waals surface area contributed by atoms with Crippen LogP contribution in [0, 0.1) is 0 Å². The van der Waals surface area contributed by atoms with Crippen molar-refractivity contribution in [2.45, 2.75) is 12.8 Å². The highest BCUT2D eigenvalue weighted by molar-refractivity contribution is 5.85. The minimum atomic E-state index is 0. The zero-order chi connectivity index (χ0) is 17.0. The molecule has 0 spiro atoms. The molecule has 1 N–H and O–H groups in total. The maximum Gasteiger partial charge on any atom is 0.373 e. The SMILES string of the molecule is Cl.O=C=O.c1ccc(Oc2ccc(NCCN3CCCC3)cc2)cc1. The molecule has 0 unspecified atom stereocenters. The minimum Gasteiger partial charge on any atom is -0.457 e. The Bertz CT molecular complexity index is 623. The Kier molecular flexibility index (Phi) is 10.0. The Morgan fingerprint density at radius 2 is 1.48 bits per heavy atom. The number of carbonyl (C=O) groups excluding carboxylic acids is 2. The van der Waals surface area contributed by atoms with Crippen molar-refractivity contribution in [1.29, 1.82) is 0 Å². The van der Waals surface area contributed by atoms with Gasteiger partial charge in [0.15, 0.2) is 0 Å². The van der Waals surface area contributed by atoms with Crippen molar-refractivity contribution in [2.24, 2.45) is 0 Å². The summed E-state index contributed by atoms with van der Waals surface area (Å²) in [5, 5.41) is 3.47. The number of hydrogen-bond acceptors (Lipinski definition) is 5. The van der Waals surface area contributed by atoms with Gasteiger partial charge in [-0.1, -0.05) is 18.2 Å². The number of likely N-dealkylation sites (tertiary alicyclic amines) is 1. The molecule has 0 bridgehead atoms. The van der Waals surface area contributed by atoms with Crippen molar-refractivity contribution < 1.29 is 14.3 Å². The van der Waals surface area contributed by atoms with E-state index in [-0.39, 0.29) is 18.6 Å². The van der Waals surface area contributed by atoms with E-state index in [1.54, 1.807) is 0 Å². The van der Waals surface area contributed by atoms with Crippen LogP contribution in [0.15, 0.2) is 54.6 Å². The Morgan fingerprint density at radius 3 is 2.08 bits per heavy atom. The highest BCUT2D eigenvalue weighted by Gasteiger charge is 2.10. The van der Waals surface area contributed by atoms with Crippen molar-refractivity contribution in [1.82, 2.24) is 4.90 Å². The zero-order valence-electron chi connectivity index (χ0n) is 14.0. The highest BCUT2D eigenvalue weighted by Crippen LogP contribution is 2.22. The third-order valence-corrected chi connectivity index (χ3v) is 3.79. The first-order valence-corrected chi connectivity index (χ1v) is 8.10. The molecule has 0 aliphatic carbocycles. The summed E-state index contributed by atoms with van der Waals surface area (Å²) in [6, 6.07) is 18.0. The van der Waals surface area contributed by atoms with E-state index in [2.05, 4.69) is 22.3 Å². The second-order valence-corrected chi connectivity index (χ2v) is 5.50. The molecular weight excluding hydrogens is 340 g/mol. The monoisotopic (exact) mass is 362 g/mol. The standard InChI is InChI=1S/C18H22N2O.CO2.ClH/c1-2-6-17(7-3-1)21-18-10-8-16(9-11-18)19-12-15-20-13-4-5-14-20;2-1-3;/h1-3,6-11,19H,4-5,12-15H2;;1H. The van der Waals surface area contributed by atoms with Crippen LogP contribution in [0.5, 0.6) is 11.5 Å². The maximum absolute atomic E-state index is 8.12. The second-order valence-electron chi connectivity index (χ2n) is 5.50. The summed E-state index contributed by atoms with van der Waals surface area (Å²) >= 11 is 0. The molecule has 2 aromatic rings. The van der Waals surface area contributed by atoms with Crippen molar-refractivity contribution >= 4 is 24.2 Å². The molecule has 1 fully saturated rings. The molecule has 134 valence electrons. The second kappa shape index (κ2) is 12.1. The van der Waals surface area contributed by atoms with Gasteiger partial charge in [-0.25, -0.2) is 0 Å². The molecule has 6 heteroatoms. The van der Waals surface area contributed by atoms with Crippen LogP contribution in [0.4, 0.5) is 5.69 Å². The summed E-state index contributed by atoms with van der Waals surface area (Å²) in [7, 11) is 0. The van der Waals surface area contributed by atoms with Crippen LogP contribution in [-0.4, -0.2) is 37.2 Å². The summed E-state index contributed by atoms with van der Waals surface area (Å²) in [6.45, 7) is 4.64. The number of nitrogens with one attached hydrogen (secondary N) is 1. The summed E-state index contributed by atoms with van der Waals surface area (Å²) in [5.41, 5.74) is 1.15. The van der Waals surface area contributed by atoms with Gasteiger partial charge in [0.25, 0.3) is 0 Å². The number of halogens is 1. The quantitative estimate of drug-likeness (QED) is 0.846. The molecule has 3 rings (SSSR count). The van der Waals surface area contributed by atoms with Gasteiger partial charge < -0.3 is 15.0 Å². The average Bonchev–Trinajstić information content (AvgIpc) is 3.12. The van der Waals surface area contributed by atoms with Crippen LogP contribution in [-0.2, 0) is 9.59 Å². The molecule has 1 aliphatic heterocycles. The topological polar surface area (TPSA) is 58.6 Å².